The topological polar surface area (TPSA) is 0 Å². The second kappa shape index (κ2) is 61.7. The summed E-state index contributed by atoms with van der Waals surface area (Å²) in [5.41, 5.74) is 14.6. The third kappa shape index (κ3) is 50.8. The Morgan fingerprint density at radius 2 is 1.13 bits per heavy atom. The van der Waals surface area contributed by atoms with Crippen LogP contribution < -0.4 is 0 Å². The summed E-state index contributed by atoms with van der Waals surface area (Å²) in [7, 11) is 0. The molecule has 0 aromatic heterocycles. The molecular formula is C85H154. The number of benzene rings is 3. The Labute approximate surface area is 539 Å². The van der Waals surface area contributed by atoms with Gasteiger partial charge < -0.3 is 0 Å². The number of hydrogen-bond donors (Lipinski definition) is 0. The predicted octanol–water partition coefficient (Wildman–Crippen LogP) is 29.2. The van der Waals surface area contributed by atoms with Crippen LogP contribution in [-0.2, 0) is 24.7 Å². The first-order chi connectivity index (χ1) is 40.0. The van der Waals surface area contributed by atoms with Crippen LogP contribution in [0, 0.1) is 67.6 Å². The number of rotatable bonds is 21. The molecule has 0 spiro atoms. The Morgan fingerprint density at radius 1 is 0.635 bits per heavy atom. The molecule has 1 saturated carbocycles. The number of allylic oxidation sites excluding steroid dienone is 6. The van der Waals surface area contributed by atoms with Gasteiger partial charge in [0.05, 0.1) is 0 Å². The maximum atomic E-state index is 4.40. The maximum absolute atomic E-state index is 4.40. The summed E-state index contributed by atoms with van der Waals surface area (Å²) in [5.74, 6) is 5.57. The lowest BCUT2D eigenvalue weighted by Gasteiger charge is -2.33. The lowest BCUT2D eigenvalue weighted by Crippen LogP contribution is -2.24. The third-order valence-corrected chi connectivity index (χ3v) is 16.6. The van der Waals surface area contributed by atoms with Gasteiger partial charge in [-0.05, 0) is 173 Å². The van der Waals surface area contributed by atoms with Gasteiger partial charge in [0.25, 0.3) is 0 Å². The fourth-order valence-electron chi connectivity index (χ4n) is 8.63. The SMILES string of the molecule is C=C(C)C(C)C(C)C.C=C(CCC)C(C)(CC)c1ccc(Cc2ccc(C)cc2)cc1C.C=CC.C=CC1CCCCC1C.C=CCC(CC)Cc1ccc(C)cc1CC.C=CCCCCC.CC.CC.CC.CC(C)C(C)(C)C.CCC(C)C. The zero-order valence-electron chi connectivity index (χ0n) is 63.4. The molecule has 1 aliphatic carbocycles. The Bertz CT molecular complexity index is 1990. The van der Waals surface area contributed by atoms with Crippen LogP contribution in [0.3, 0.4) is 0 Å². The van der Waals surface area contributed by atoms with Gasteiger partial charge in [0, 0.05) is 5.41 Å². The molecule has 3 aromatic rings. The molecule has 0 aliphatic heterocycles. The normalized spacial score (nSPS) is 14.0. The van der Waals surface area contributed by atoms with Crippen LogP contribution in [0.4, 0.5) is 0 Å². The van der Waals surface area contributed by atoms with Crippen LogP contribution >= 0.6 is 0 Å². The molecule has 4 rings (SSSR count). The highest BCUT2D eigenvalue weighted by Gasteiger charge is 2.29. The first kappa shape index (κ1) is 94.8. The van der Waals surface area contributed by atoms with Crippen LogP contribution in [-0.4, -0.2) is 0 Å². The fraction of sp³-hybridized carbons (Fsp3) is 0.647. The van der Waals surface area contributed by atoms with Gasteiger partial charge in [0.2, 0.25) is 0 Å². The average Bonchev–Trinajstić information content (AvgIpc) is 3.28. The molecule has 5 unspecified atom stereocenters. The van der Waals surface area contributed by atoms with Gasteiger partial charge in [-0.1, -0.05) is 338 Å². The van der Waals surface area contributed by atoms with Crippen molar-refractivity contribution in [3.8, 4) is 0 Å². The van der Waals surface area contributed by atoms with E-state index in [0.29, 0.717) is 11.3 Å². The van der Waals surface area contributed by atoms with E-state index in [4.69, 9.17) is 0 Å². The van der Waals surface area contributed by atoms with Gasteiger partial charge in [-0.2, -0.15) is 0 Å². The highest BCUT2D eigenvalue weighted by molar-refractivity contribution is 5.43. The number of aryl methyl sites for hydroxylation is 4. The second-order valence-corrected chi connectivity index (χ2v) is 25.5. The van der Waals surface area contributed by atoms with Crippen molar-refractivity contribution in [2.24, 2.45) is 46.8 Å². The fourth-order valence-corrected chi connectivity index (χ4v) is 8.63. The summed E-state index contributed by atoms with van der Waals surface area (Å²) in [6.07, 6.45) is 29.1. The third-order valence-electron chi connectivity index (χ3n) is 16.6. The van der Waals surface area contributed by atoms with E-state index in [0.717, 1.165) is 67.6 Å². The van der Waals surface area contributed by atoms with E-state index in [1.807, 2.05) is 60.6 Å². The van der Waals surface area contributed by atoms with Crippen LogP contribution in [0.2, 0.25) is 0 Å². The Balaban J connectivity index is -0.000000174. The van der Waals surface area contributed by atoms with Crippen molar-refractivity contribution < 1.29 is 0 Å². The summed E-state index contributed by atoms with van der Waals surface area (Å²) in [6, 6.07) is 22.7. The average molecular weight is 1180 g/mol. The Morgan fingerprint density at radius 3 is 1.47 bits per heavy atom. The summed E-state index contributed by atoms with van der Waals surface area (Å²) in [4.78, 5) is 0. The molecular weight excluding hydrogens is 1020 g/mol. The lowest BCUT2D eigenvalue weighted by molar-refractivity contribution is 0.283. The van der Waals surface area contributed by atoms with Crippen molar-refractivity contribution in [3.63, 3.8) is 0 Å². The minimum atomic E-state index is 0.0858. The Kier molecular flexibility index (Phi) is 68.8. The molecule has 0 radical (unpaired) electrons. The smallest absolute Gasteiger partial charge is 0.0131 e. The molecule has 0 nitrogen and oxygen atoms in total. The highest BCUT2D eigenvalue weighted by atomic mass is 14.3. The molecule has 1 fully saturated rings. The summed E-state index contributed by atoms with van der Waals surface area (Å²) < 4.78 is 0. The largest absolute Gasteiger partial charge is 0.103 e. The second-order valence-electron chi connectivity index (χ2n) is 25.5. The van der Waals surface area contributed by atoms with Crippen molar-refractivity contribution in [1.29, 1.82) is 0 Å². The molecule has 1 aliphatic rings. The van der Waals surface area contributed by atoms with Crippen LogP contribution in [0.1, 0.15) is 314 Å². The van der Waals surface area contributed by atoms with Crippen LogP contribution in [0.15, 0.2) is 136 Å². The van der Waals surface area contributed by atoms with Crippen molar-refractivity contribution in [3.05, 3.63) is 180 Å². The molecule has 0 N–H and O–H groups in total. The zero-order valence-corrected chi connectivity index (χ0v) is 63.4. The summed E-state index contributed by atoms with van der Waals surface area (Å²) in [6.45, 7) is 86.0. The lowest BCUT2D eigenvalue weighted by atomic mass is 9.71. The van der Waals surface area contributed by atoms with Gasteiger partial charge >= 0.3 is 0 Å². The minimum Gasteiger partial charge on any atom is -0.103 e. The van der Waals surface area contributed by atoms with Gasteiger partial charge in [0.1, 0.15) is 0 Å². The number of unbranched alkanes of at least 4 members (excludes halogenated alkanes) is 3. The molecule has 0 saturated heterocycles. The van der Waals surface area contributed by atoms with E-state index in [1.54, 1.807) is 6.08 Å². The molecule has 85 heavy (non-hydrogen) atoms. The molecule has 3 aromatic carbocycles. The molecule has 5 atom stereocenters. The predicted molar refractivity (Wildman–Crippen MR) is 404 cm³/mol. The van der Waals surface area contributed by atoms with Gasteiger partial charge in [-0.25, -0.2) is 0 Å². The van der Waals surface area contributed by atoms with E-state index in [1.165, 1.54) is 133 Å². The van der Waals surface area contributed by atoms with E-state index in [9.17, 15) is 0 Å². The maximum Gasteiger partial charge on any atom is 0.0131 e. The molecule has 0 heteroatoms. The summed E-state index contributed by atoms with van der Waals surface area (Å²) >= 11 is 0. The first-order valence-corrected chi connectivity index (χ1v) is 35.0. The van der Waals surface area contributed by atoms with Crippen molar-refractivity contribution in [2.45, 2.75) is 315 Å². The van der Waals surface area contributed by atoms with E-state index in [-0.39, 0.29) is 5.41 Å². The number of hydrogen-bond acceptors (Lipinski definition) is 0. The highest BCUT2D eigenvalue weighted by Crippen LogP contribution is 2.39. The van der Waals surface area contributed by atoms with Gasteiger partial charge in [-0.15, -0.1) is 26.3 Å². The zero-order chi connectivity index (χ0) is 67.7. The van der Waals surface area contributed by atoms with Gasteiger partial charge in [0.15, 0.2) is 0 Å². The van der Waals surface area contributed by atoms with Crippen molar-refractivity contribution in [2.75, 3.05) is 0 Å². The van der Waals surface area contributed by atoms with Crippen molar-refractivity contribution >= 4 is 0 Å². The molecule has 494 valence electrons. The monoisotopic (exact) mass is 1180 g/mol. The van der Waals surface area contributed by atoms with Crippen molar-refractivity contribution in [1.82, 2.24) is 0 Å². The molecule has 0 bridgehead atoms. The van der Waals surface area contributed by atoms with E-state index < -0.39 is 0 Å². The standard InChI is InChI=1S/C24H32.C16H24.C9H16.C8H16.C7H16.C7H14.C5H12.C3H6.3C2H6/c1-7-9-20(5)24(6,8-2)23-15-14-22(16-19(23)4)17-21-12-10-18(3)11-13-21;1-5-8-14(6-2)12-16-10-9-13(4)11-15(16)7-3;1-3-9-7-5-4-6-8(9)2;1-6(2)8(5)7(3)4;1-6(2)7(3,4)5;1-3-5-7-6-4-2;1-4-5(2)3;1-3-2;3*1-2/h10-16H,5,7-9,17H2,1-4,6H3;5,9-11,14H,1,6-8,12H2,2-4H3;3,8-9H,1,4-7H2,2H3;7-8H,1H2,2-5H3;6H,1-5H3;3H,1,4-7H2,2H3;5H,4H2,1-3H3;3H,1H2,2H3;3*1-2H3. The minimum absolute atomic E-state index is 0.0858. The molecule has 0 amide bonds. The quantitative estimate of drug-likeness (QED) is 0.0737. The Hall–Kier alpha value is -3.90. The van der Waals surface area contributed by atoms with E-state index in [2.05, 4.69) is 259 Å². The van der Waals surface area contributed by atoms with Crippen LogP contribution in [0.25, 0.3) is 0 Å². The van der Waals surface area contributed by atoms with Crippen LogP contribution in [0.5, 0.6) is 0 Å². The summed E-state index contributed by atoms with van der Waals surface area (Å²) in [5, 5.41) is 0. The molecule has 0 heterocycles. The van der Waals surface area contributed by atoms with E-state index >= 15 is 0 Å². The van der Waals surface area contributed by atoms with Gasteiger partial charge in [-0.3, -0.25) is 0 Å². The first-order valence-electron chi connectivity index (χ1n) is 35.0.